The SMILES string of the molecule is O=C(c1cccc(F)c1Cl)N1CCN2C[C@@H](c3ccc(C(F)(F)F)cn3)CC[C@@H]2C1. The van der Waals surface area contributed by atoms with E-state index in [0.717, 1.165) is 25.1 Å². The first-order valence-corrected chi connectivity index (χ1v) is 10.1. The molecule has 0 unspecified atom stereocenters. The van der Waals surface area contributed by atoms with Gasteiger partial charge in [-0.3, -0.25) is 14.7 Å². The van der Waals surface area contributed by atoms with Gasteiger partial charge in [0, 0.05) is 50.0 Å². The molecule has 2 aliphatic heterocycles. The molecule has 2 aliphatic rings. The zero-order valence-electron chi connectivity index (χ0n) is 16.0. The second-order valence-electron chi connectivity index (χ2n) is 7.75. The highest BCUT2D eigenvalue weighted by Crippen LogP contribution is 2.34. The van der Waals surface area contributed by atoms with E-state index < -0.39 is 17.6 Å². The third kappa shape index (κ3) is 4.16. The van der Waals surface area contributed by atoms with E-state index in [0.29, 0.717) is 31.9 Å². The number of piperidine rings is 1. The number of halogens is 5. The van der Waals surface area contributed by atoms with Gasteiger partial charge in [-0.25, -0.2) is 4.39 Å². The number of rotatable bonds is 2. The first-order chi connectivity index (χ1) is 14.2. The topological polar surface area (TPSA) is 36.4 Å². The van der Waals surface area contributed by atoms with Crippen molar-refractivity contribution in [3.8, 4) is 0 Å². The predicted octanol–water partition coefficient (Wildman–Crippen LogP) is 4.60. The number of carbonyl (C=O) groups excluding carboxylic acids is 1. The standard InChI is InChI=1S/C21H20ClF4N3O/c22-19-16(2-1-3-17(19)23)20(30)29-9-8-28-11-13(4-6-15(28)12-29)18-7-5-14(10-27-18)21(24,25)26/h1-3,5,7,10,13,15H,4,6,8-9,11-12H2/t13-,15+/m0/s1. The van der Waals surface area contributed by atoms with Crippen LogP contribution in [-0.2, 0) is 6.18 Å². The van der Waals surface area contributed by atoms with Crippen molar-refractivity contribution in [3.05, 3.63) is 64.2 Å². The first-order valence-electron chi connectivity index (χ1n) is 9.74. The number of carbonyl (C=O) groups is 1. The zero-order valence-corrected chi connectivity index (χ0v) is 16.8. The number of hydrogen-bond donors (Lipinski definition) is 0. The summed E-state index contributed by atoms with van der Waals surface area (Å²) in [5, 5.41) is -0.165. The van der Waals surface area contributed by atoms with Gasteiger partial charge in [-0.2, -0.15) is 13.2 Å². The minimum absolute atomic E-state index is 0.0587. The fourth-order valence-corrected chi connectivity index (χ4v) is 4.46. The minimum Gasteiger partial charge on any atom is -0.336 e. The van der Waals surface area contributed by atoms with Crippen LogP contribution >= 0.6 is 11.6 Å². The van der Waals surface area contributed by atoms with Gasteiger partial charge in [0.2, 0.25) is 0 Å². The molecule has 0 aliphatic carbocycles. The van der Waals surface area contributed by atoms with Crippen molar-refractivity contribution < 1.29 is 22.4 Å². The molecule has 30 heavy (non-hydrogen) atoms. The molecule has 1 aromatic carbocycles. The number of benzene rings is 1. The number of hydrogen-bond acceptors (Lipinski definition) is 3. The highest BCUT2D eigenvalue weighted by Gasteiger charge is 2.36. The Bertz CT molecular complexity index is 935. The Hall–Kier alpha value is -2.19. The van der Waals surface area contributed by atoms with Gasteiger partial charge >= 0.3 is 6.18 Å². The molecule has 3 heterocycles. The fourth-order valence-electron chi connectivity index (χ4n) is 4.25. The molecular formula is C21H20ClF4N3O. The molecule has 0 radical (unpaired) electrons. The molecule has 2 aromatic rings. The molecule has 0 saturated carbocycles. The van der Waals surface area contributed by atoms with Crippen molar-refractivity contribution in [3.63, 3.8) is 0 Å². The van der Waals surface area contributed by atoms with Crippen molar-refractivity contribution in [1.29, 1.82) is 0 Å². The van der Waals surface area contributed by atoms with Gasteiger partial charge in [-0.05, 0) is 37.1 Å². The number of nitrogens with zero attached hydrogens (tertiary/aromatic N) is 3. The third-order valence-corrected chi connectivity index (χ3v) is 6.29. The van der Waals surface area contributed by atoms with E-state index in [1.165, 1.54) is 24.3 Å². The number of amides is 1. The molecule has 0 spiro atoms. The average Bonchev–Trinajstić information content (AvgIpc) is 2.74. The van der Waals surface area contributed by atoms with E-state index in [-0.39, 0.29) is 28.5 Å². The normalized spacial score (nSPS) is 22.6. The van der Waals surface area contributed by atoms with Gasteiger partial charge in [0.1, 0.15) is 5.82 Å². The molecule has 0 N–H and O–H groups in total. The Morgan fingerprint density at radius 2 is 1.90 bits per heavy atom. The van der Waals surface area contributed by atoms with Crippen molar-refractivity contribution in [1.82, 2.24) is 14.8 Å². The van der Waals surface area contributed by atoms with Crippen LogP contribution in [0, 0.1) is 5.82 Å². The first kappa shape index (κ1) is 21.1. The maximum absolute atomic E-state index is 13.7. The Balaban J connectivity index is 1.40. The largest absolute Gasteiger partial charge is 0.417 e. The van der Waals surface area contributed by atoms with Crippen LogP contribution < -0.4 is 0 Å². The highest BCUT2D eigenvalue weighted by molar-refractivity contribution is 6.34. The molecule has 160 valence electrons. The van der Waals surface area contributed by atoms with Crippen LogP contribution in [0.15, 0.2) is 36.5 Å². The van der Waals surface area contributed by atoms with Gasteiger partial charge in [-0.1, -0.05) is 17.7 Å². The number of alkyl halides is 3. The van der Waals surface area contributed by atoms with Gasteiger partial charge in [0.05, 0.1) is 16.1 Å². The lowest BCUT2D eigenvalue weighted by Gasteiger charge is -2.46. The van der Waals surface area contributed by atoms with Gasteiger partial charge in [-0.15, -0.1) is 0 Å². The molecule has 4 rings (SSSR count). The quantitative estimate of drug-likeness (QED) is 0.639. The highest BCUT2D eigenvalue weighted by atomic mass is 35.5. The van der Waals surface area contributed by atoms with Crippen LogP contribution in [0.5, 0.6) is 0 Å². The molecule has 4 nitrogen and oxygen atoms in total. The van der Waals surface area contributed by atoms with E-state index >= 15 is 0 Å². The second-order valence-corrected chi connectivity index (χ2v) is 8.12. The lowest BCUT2D eigenvalue weighted by atomic mass is 9.88. The Morgan fingerprint density at radius 3 is 2.60 bits per heavy atom. The summed E-state index contributed by atoms with van der Waals surface area (Å²) in [7, 11) is 0. The van der Waals surface area contributed by atoms with E-state index in [4.69, 9.17) is 11.6 Å². The monoisotopic (exact) mass is 441 g/mol. The number of pyridine rings is 1. The molecule has 9 heteroatoms. The Kier molecular flexibility index (Phi) is 5.72. The maximum atomic E-state index is 13.7. The molecule has 1 amide bonds. The number of fused-ring (bicyclic) bond motifs is 1. The molecule has 1 aromatic heterocycles. The second kappa shape index (κ2) is 8.15. The lowest BCUT2D eigenvalue weighted by Crippen LogP contribution is -2.57. The Labute approximate surface area is 176 Å². The van der Waals surface area contributed by atoms with Gasteiger partial charge < -0.3 is 4.90 Å². The van der Waals surface area contributed by atoms with E-state index in [2.05, 4.69) is 9.88 Å². The van der Waals surface area contributed by atoms with Crippen LogP contribution in [0.2, 0.25) is 5.02 Å². The zero-order chi connectivity index (χ0) is 21.5. The lowest BCUT2D eigenvalue weighted by molar-refractivity contribution is -0.137. The number of aromatic nitrogens is 1. The molecule has 2 fully saturated rings. The molecule has 2 saturated heterocycles. The van der Waals surface area contributed by atoms with Crippen molar-refractivity contribution in [2.45, 2.75) is 31.0 Å². The third-order valence-electron chi connectivity index (χ3n) is 5.91. The summed E-state index contributed by atoms with van der Waals surface area (Å²) in [6, 6.07) is 6.89. The van der Waals surface area contributed by atoms with Crippen LogP contribution in [-0.4, -0.2) is 52.9 Å². The minimum atomic E-state index is -4.39. The van der Waals surface area contributed by atoms with Crippen molar-refractivity contribution in [2.24, 2.45) is 0 Å². The number of piperazine rings is 1. The summed E-state index contributed by atoms with van der Waals surface area (Å²) in [5.74, 6) is -0.847. The molecule has 0 bridgehead atoms. The van der Waals surface area contributed by atoms with E-state index in [1.807, 2.05) is 0 Å². The summed E-state index contributed by atoms with van der Waals surface area (Å²) in [6.45, 7) is 2.32. The summed E-state index contributed by atoms with van der Waals surface area (Å²) >= 11 is 5.96. The average molecular weight is 442 g/mol. The summed E-state index contributed by atoms with van der Waals surface area (Å²) in [4.78, 5) is 20.8. The molecular weight excluding hydrogens is 422 g/mol. The van der Waals surface area contributed by atoms with Crippen LogP contribution in [0.25, 0.3) is 0 Å². The van der Waals surface area contributed by atoms with Crippen LogP contribution in [0.3, 0.4) is 0 Å². The Morgan fingerprint density at radius 1 is 1.10 bits per heavy atom. The van der Waals surface area contributed by atoms with Crippen molar-refractivity contribution >= 4 is 17.5 Å². The van der Waals surface area contributed by atoms with E-state index in [9.17, 15) is 22.4 Å². The summed E-state index contributed by atoms with van der Waals surface area (Å²) in [6.07, 6.45) is -1.92. The van der Waals surface area contributed by atoms with Gasteiger partial charge in [0.15, 0.2) is 0 Å². The smallest absolute Gasteiger partial charge is 0.336 e. The van der Waals surface area contributed by atoms with Crippen LogP contribution in [0.1, 0.15) is 40.4 Å². The van der Waals surface area contributed by atoms with E-state index in [1.54, 1.807) is 4.90 Å². The molecule has 2 atom stereocenters. The summed E-state index contributed by atoms with van der Waals surface area (Å²) in [5.41, 5.74) is 0.0716. The summed E-state index contributed by atoms with van der Waals surface area (Å²) < 4.78 is 51.9. The van der Waals surface area contributed by atoms with Gasteiger partial charge in [0.25, 0.3) is 5.91 Å². The maximum Gasteiger partial charge on any atom is 0.417 e. The van der Waals surface area contributed by atoms with Crippen LogP contribution in [0.4, 0.5) is 17.6 Å². The fraction of sp³-hybridized carbons (Fsp3) is 0.429. The van der Waals surface area contributed by atoms with Crippen molar-refractivity contribution in [2.75, 3.05) is 26.2 Å². The predicted molar refractivity (Wildman–Crippen MR) is 104 cm³/mol.